The number of nitrogens with zero attached hydrogens (tertiary/aromatic N) is 3. The molecule has 0 saturated carbocycles. The highest BCUT2D eigenvalue weighted by Crippen LogP contribution is 2.23. The van der Waals surface area contributed by atoms with E-state index in [9.17, 15) is 0 Å². The smallest absolute Gasteiger partial charge is 0.0991 e. The summed E-state index contributed by atoms with van der Waals surface area (Å²) in [6.07, 6.45) is 4.54. The van der Waals surface area contributed by atoms with E-state index in [0.717, 1.165) is 29.8 Å². The van der Waals surface area contributed by atoms with E-state index in [-0.39, 0.29) is 24.8 Å². The molecule has 6 heteroatoms. The fraction of sp³-hybridized carbons (Fsp3) is 0.120. The second-order valence-electron chi connectivity index (χ2n) is 7.05. The molecular formula is C25H24Cl2N4. The molecule has 1 aromatic heterocycles. The van der Waals surface area contributed by atoms with E-state index < -0.39 is 0 Å². The van der Waals surface area contributed by atoms with Crippen molar-refractivity contribution in [3.05, 3.63) is 113 Å². The average Bonchev–Trinajstić information content (AvgIpc) is 3.21. The van der Waals surface area contributed by atoms with E-state index >= 15 is 0 Å². The van der Waals surface area contributed by atoms with Gasteiger partial charge in [-0.3, -0.25) is 0 Å². The van der Waals surface area contributed by atoms with Crippen molar-refractivity contribution >= 4 is 24.8 Å². The van der Waals surface area contributed by atoms with Gasteiger partial charge in [0.2, 0.25) is 0 Å². The Bertz CT molecular complexity index is 1150. The summed E-state index contributed by atoms with van der Waals surface area (Å²) >= 11 is 0. The fourth-order valence-corrected chi connectivity index (χ4v) is 3.51. The number of nitrogens with two attached hydrogens (primary N) is 1. The highest BCUT2D eigenvalue weighted by molar-refractivity contribution is 5.85. The van der Waals surface area contributed by atoms with Crippen LogP contribution in [0.5, 0.6) is 0 Å². The van der Waals surface area contributed by atoms with Crippen molar-refractivity contribution in [1.82, 2.24) is 9.55 Å². The standard InChI is InChI=1S/C25H22N4.2ClH/c26-14-20-8-6-19(7-9-20)12-25-16-28-18-29(25)17-23-11-10-22(13-24(23)15-27)21-4-2-1-3-5-21;;/h1-11,13,16,18H,12,15,17,27H2;2*1H. The molecule has 158 valence electrons. The normalized spacial score (nSPS) is 9.94. The second kappa shape index (κ2) is 11.3. The minimum Gasteiger partial charge on any atom is -0.330 e. The van der Waals surface area contributed by atoms with Crippen LogP contribution in [-0.4, -0.2) is 9.55 Å². The number of rotatable bonds is 6. The predicted molar refractivity (Wildman–Crippen MR) is 130 cm³/mol. The summed E-state index contributed by atoms with van der Waals surface area (Å²) in [5, 5.41) is 8.96. The Kier molecular flexibility index (Phi) is 8.84. The summed E-state index contributed by atoms with van der Waals surface area (Å²) in [7, 11) is 0. The maximum Gasteiger partial charge on any atom is 0.0991 e. The van der Waals surface area contributed by atoms with E-state index in [2.05, 4.69) is 46.0 Å². The average molecular weight is 451 g/mol. The number of halogens is 2. The molecule has 4 rings (SSSR count). The first kappa shape index (κ1) is 24.2. The number of hydrogen-bond donors (Lipinski definition) is 1. The summed E-state index contributed by atoms with van der Waals surface area (Å²) in [5.41, 5.74) is 13.7. The molecule has 31 heavy (non-hydrogen) atoms. The summed E-state index contributed by atoms with van der Waals surface area (Å²) < 4.78 is 2.16. The molecule has 0 aliphatic rings. The van der Waals surface area contributed by atoms with Gasteiger partial charge in [-0.2, -0.15) is 5.26 Å². The predicted octanol–water partition coefficient (Wildman–Crippen LogP) is 5.36. The molecule has 0 bridgehead atoms. The number of hydrogen-bond acceptors (Lipinski definition) is 3. The first-order valence-electron chi connectivity index (χ1n) is 9.62. The molecule has 3 aromatic carbocycles. The van der Waals surface area contributed by atoms with Gasteiger partial charge in [-0.15, -0.1) is 24.8 Å². The van der Waals surface area contributed by atoms with Crippen molar-refractivity contribution in [1.29, 1.82) is 5.26 Å². The van der Waals surface area contributed by atoms with Gasteiger partial charge in [-0.1, -0.05) is 54.6 Å². The molecule has 4 nitrogen and oxygen atoms in total. The third-order valence-electron chi connectivity index (χ3n) is 5.14. The molecule has 1 heterocycles. The van der Waals surface area contributed by atoms with E-state index in [1.807, 2.05) is 55.0 Å². The van der Waals surface area contributed by atoms with Gasteiger partial charge < -0.3 is 10.3 Å². The van der Waals surface area contributed by atoms with Gasteiger partial charge in [-0.25, -0.2) is 4.98 Å². The van der Waals surface area contributed by atoms with Crippen LogP contribution in [0.4, 0.5) is 0 Å². The minimum atomic E-state index is 0. The molecule has 0 fully saturated rings. The third kappa shape index (κ3) is 5.74. The molecule has 0 aliphatic carbocycles. The van der Waals surface area contributed by atoms with Gasteiger partial charge in [-0.05, 0) is 46.0 Å². The van der Waals surface area contributed by atoms with E-state index in [1.54, 1.807) is 0 Å². The van der Waals surface area contributed by atoms with Gasteiger partial charge in [0.25, 0.3) is 0 Å². The van der Waals surface area contributed by atoms with Gasteiger partial charge in [0.05, 0.1) is 18.0 Å². The number of aromatic nitrogens is 2. The largest absolute Gasteiger partial charge is 0.330 e. The zero-order chi connectivity index (χ0) is 20.1. The maximum absolute atomic E-state index is 8.96. The van der Waals surface area contributed by atoms with Crippen LogP contribution in [0, 0.1) is 11.3 Å². The zero-order valence-electron chi connectivity index (χ0n) is 16.9. The highest BCUT2D eigenvalue weighted by atomic mass is 35.5. The lowest BCUT2D eigenvalue weighted by Crippen LogP contribution is -2.08. The van der Waals surface area contributed by atoms with Crippen molar-refractivity contribution in [2.45, 2.75) is 19.5 Å². The Hall–Kier alpha value is -3.10. The maximum atomic E-state index is 8.96. The first-order valence-corrected chi connectivity index (χ1v) is 9.62. The van der Waals surface area contributed by atoms with Crippen LogP contribution in [0.3, 0.4) is 0 Å². The fourth-order valence-electron chi connectivity index (χ4n) is 3.51. The van der Waals surface area contributed by atoms with Crippen LogP contribution < -0.4 is 5.73 Å². The number of imidazole rings is 1. The highest BCUT2D eigenvalue weighted by Gasteiger charge is 2.09. The molecule has 0 amide bonds. The van der Waals surface area contributed by atoms with Crippen molar-refractivity contribution in [3.63, 3.8) is 0 Å². The first-order chi connectivity index (χ1) is 14.3. The third-order valence-corrected chi connectivity index (χ3v) is 5.14. The Morgan fingerprint density at radius 3 is 2.29 bits per heavy atom. The molecule has 0 saturated heterocycles. The van der Waals surface area contributed by atoms with Crippen molar-refractivity contribution in [2.24, 2.45) is 5.73 Å². The van der Waals surface area contributed by atoms with Crippen LogP contribution in [0.15, 0.2) is 85.3 Å². The molecular weight excluding hydrogens is 427 g/mol. The van der Waals surface area contributed by atoms with Crippen LogP contribution >= 0.6 is 24.8 Å². The SMILES string of the molecule is Cl.Cl.N#Cc1ccc(Cc2cncn2Cc2ccc(-c3ccccc3)cc2CN)cc1. The molecule has 4 aromatic rings. The molecule has 0 spiro atoms. The van der Waals surface area contributed by atoms with Gasteiger partial charge in [0.1, 0.15) is 0 Å². The van der Waals surface area contributed by atoms with Crippen molar-refractivity contribution < 1.29 is 0 Å². The molecule has 0 aliphatic heterocycles. The molecule has 0 atom stereocenters. The van der Waals surface area contributed by atoms with Gasteiger partial charge in [0, 0.05) is 31.4 Å². The quantitative estimate of drug-likeness (QED) is 0.429. The zero-order valence-corrected chi connectivity index (χ0v) is 18.6. The van der Waals surface area contributed by atoms with Crippen LogP contribution in [0.1, 0.15) is 27.9 Å². The topological polar surface area (TPSA) is 67.6 Å². The van der Waals surface area contributed by atoms with E-state index in [0.29, 0.717) is 12.1 Å². The lowest BCUT2D eigenvalue weighted by molar-refractivity contribution is 0.745. The number of nitriles is 1. The Morgan fingerprint density at radius 1 is 0.871 bits per heavy atom. The van der Waals surface area contributed by atoms with Crippen molar-refractivity contribution in [2.75, 3.05) is 0 Å². The van der Waals surface area contributed by atoms with Crippen LogP contribution in [0.25, 0.3) is 11.1 Å². The molecule has 0 unspecified atom stereocenters. The second-order valence-corrected chi connectivity index (χ2v) is 7.05. The Morgan fingerprint density at radius 2 is 1.61 bits per heavy atom. The summed E-state index contributed by atoms with van der Waals surface area (Å²) in [4.78, 5) is 4.35. The van der Waals surface area contributed by atoms with Gasteiger partial charge in [0.15, 0.2) is 0 Å². The monoisotopic (exact) mass is 450 g/mol. The lowest BCUT2D eigenvalue weighted by atomic mass is 9.99. The lowest BCUT2D eigenvalue weighted by Gasteiger charge is -2.14. The van der Waals surface area contributed by atoms with Crippen LogP contribution in [0.2, 0.25) is 0 Å². The summed E-state index contributed by atoms with van der Waals surface area (Å²) in [6, 6.07) is 26.7. The van der Waals surface area contributed by atoms with E-state index in [4.69, 9.17) is 11.0 Å². The van der Waals surface area contributed by atoms with E-state index in [1.165, 1.54) is 16.7 Å². The Balaban J connectivity index is 0.00000171. The summed E-state index contributed by atoms with van der Waals surface area (Å²) in [6.45, 7) is 1.23. The van der Waals surface area contributed by atoms with Crippen LogP contribution in [-0.2, 0) is 19.5 Å². The summed E-state index contributed by atoms with van der Waals surface area (Å²) in [5.74, 6) is 0. The Labute approximate surface area is 195 Å². The molecule has 2 N–H and O–H groups in total. The minimum absolute atomic E-state index is 0. The number of benzene rings is 3. The van der Waals surface area contributed by atoms with Gasteiger partial charge >= 0.3 is 0 Å². The van der Waals surface area contributed by atoms with Crippen molar-refractivity contribution in [3.8, 4) is 17.2 Å². The molecule has 0 radical (unpaired) electrons.